The highest BCUT2D eigenvalue weighted by molar-refractivity contribution is 6.73. The normalized spacial score (nSPS) is 12.7. The van der Waals surface area contributed by atoms with Crippen molar-refractivity contribution in [2.24, 2.45) is 0 Å². The average Bonchev–Trinajstić information content (AvgIpc) is 2.00. The van der Waals surface area contributed by atoms with E-state index in [0.717, 1.165) is 12.1 Å². The van der Waals surface area contributed by atoms with Crippen LogP contribution in [-0.4, -0.2) is 12.6 Å². The van der Waals surface area contributed by atoms with Gasteiger partial charge in [0, 0.05) is 0 Å². The average molecular weight is 217 g/mol. The summed E-state index contributed by atoms with van der Waals surface area (Å²) >= 11 is 0. The second-order valence-corrected chi connectivity index (χ2v) is 4.36. The van der Waals surface area contributed by atoms with Gasteiger partial charge in [-0.3, -0.25) is 0 Å². The van der Waals surface area contributed by atoms with Gasteiger partial charge in [-0.15, -0.1) is 5.46 Å². The number of rotatable bonds is 2. The van der Waals surface area contributed by atoms with Gasteiger partial charge in [-0.05, 0) is 32.9 Å². The SMILES string of the molecule is CC(C)(C)Oc1ccc([B-](F)(F)F)cc1. The monoisotopic (exact) mass is 217 g/mol. The molecule has 0 saturated heterocycles. The van der Waals surface area contributed by atoms with E-state index >= 15 is 0 Å². The zero-order chi connectivity index (χ0) is 11.7. The van der Waals surface area contributed by atoms with Crippen molar-refractivity contribution in [2.45, 2.75) is 26.4 Å². The molecular weight excluding hydrogens is 204 g/mol. The standard InChI is InChI=1S/C10H13BF3O/c1-10(2,3)15-9-6-4-8(5-7-9)11(12,13)14/h4-7H,1-3H3/q-1. The molecule has 0 radical (unpaired) electrons. The van der Waals surface area contributed by atoms with Crippen LogP contribution >= 0.6 is 0 Å². The number of hydrogen-bond donors (Lipinski definition) is 0. The lowest BCUT2D eigenvalue weighted by Gasteiger charge is -2.22. The first-order valence-corrected chi connectivity index (χ1v) is 4.67. The molecule has 1 aromatic carbocycles. The van der Waals surface area contributed by atoms with E-state index in [1.54, 1.807) is 0 Å². The van der Waals surface area contributed by atoms with E-state index in [-0.39, 0.29) is 0 Å². The molecule has 84 valence electrons. The lowest BCUT2D eigenvalue weighted by Crippen LogP contribution is -2.33. The van der Waals surface area contributed by atoms with Crippen LogP contribution in [0.15, 0.2) is 24.3 Å². The van der Waals surface area contributed by atoms with Gasteiger partial charge in [0.05, 0.1) is 0 Å². The molecule has 0 atom stereocenters. The summed E-state index contributed by atoms with van der Waals surface area (Å²) in [5.74, 6) is 0.450. The molecule has 0 aliphatic rings. The zero-order valence-corrected chi connectivity index (χ0v) is 8.93. The van der Waals surface area contributed by atoms with Gasteiger partial charge in [0.2, 0.25) is 0 Å². The molecular formula is C10H13BF3O-. The molecule has 0 fully saturated rings. The predicted molar refractivity (Wildman–Crippen MR) is 55.5 cm³/mol. The van der Waals surface area contributed by atoms with Crippen molar-refractivity contribution in [1.29, 1.82) is 0 Å². The fraction of sp³-hybridized carbons (Fsp3) is 0.400. The maximum absolute atomic E-state index is 12.3. The summed E-state index contributed by atoms with van der Waals surface area (Å²) in [6.45, 7) is 0.614. The van der Waals surface area contributed by atoms with Gasteiger partial charge in [0.15, 0.2) is 0 Å². The predicted octanol–water partition coefficient (Wildman–Crippen LogP) is 2.92. The summed E-state index contributed by atoms with van der Waals surface area (Å²) < 4.78 is 42.2. The molecule has 0 saturated carbocycles. The summed E-state index contributed by atoms with van der Waals surface area (Å²) in [4.78, 5) is 0. The van der Waals surface area contributed by atoms with Crippen LogP contribution in [0, 0.1) is 0 Å². The maximum atomic E-state index is 12.3. The lowest BCUT2D eigenvalue weighted by atomic mass is 9.80. The smallest absolute Gasteiger partial charge is 0.488 e. The van der Waals surface area contributed by atoms with Crippen LogP contribution in [0.25, 0.3) is 0 Å². The van der Waals surface area contributed by atoms with E-state index in [1.165, 1.54) is 12.1 Å². The molecule has 15 heavy (non-hydrogen) atoms. The molecule has 0 unspecified atom stereocenters. The molecule has 0 aromatic heterocycles. The fourth-order valence-electron chi connectivity index (χ4n) is 1.11. The Hall–Kier alpha value is -1.13. The third-order valence-electron chi connectivity index (χ3n) is 1.68. The lowest BCUT2D eigenvalue weighted by molar-refractivity contribution is 0.131. The molecule has 0 aliphatic carbocycles. The van der Waals surface area contributed by atoms with E-state index < -0.39 is 18.0 Å². The molecule has 0 N–H and O–H groups in total. The van der Waals surface area contributed by atoms with Gasteiger partial charge in [-0.2, -0.15) is 0 Å². The summed E-state index contributed by atoms with van der Waals surface area (Å²) in [5, 5.41) is 0. The van der Waals surface area contributed by atoms with E-state index in [1.807, 2.05) is 20.8 Å². The first kappa shape index (κ1) is 11.9. The molecule has 1 aromatic rings. The molecule has 0 amide bonds. The Balaban J connectivity index is 2.82. The Morgan fingerprint density at radius 3 is 1.80 bits per heavy atom. The maximum Gasteiger partial charge on any atom is 0.509 e. The van der Waals surface area contributed by atoms with Crippen molar-refractivity contribution in [3.8, 4) is 5.75 Å². The van der Waals surface area contributed by atoms with Gasteiger partial charge in [0.1, 0.15) is 11.4 Å². The van der Waals surface area contributed by atoms with Crippen molar-refractivity contribution in [3.63, 3.8) is 0 Å². The van der Waals surface area contributed by atoms with Crippen LogP contribution in [0.1, 0.15) is 20.8 Å². The Labute approximate surface area is 87.3 Å². The van der Waals surface area contributed by atoms with E-state index in [4.69, 9.17) is 4.74 Å². The number of benzene rings is 1. The van der Waals surface area contributed by atoms with Gasteiger partial charge >= 0.3 is 6.98 Å². The van der Waals surface area contributed by atoms with Crippen molar-refractivity contribution in [1.82, 2.24) is 0 Å². The summed E-state index contributed by atoms with van der Waals surface area (Å²) in [5.41, 5.74) is -0.999. The van der Waals surface area contributed by atoms with Gasteiger partial charge < -0.3 is 17.7 Å². The highest BCUT2D eigenvalue weighted by Crippen LogP contribution is 2.18. The van der Waals surface area contributed by atoms with Crippen LogP contribution < -0.4 is 10.2 Å². The summed E-state index contributed by atoms with van der Waals surface area (Å²) in [6.07, 6.45) is 0. The number of hydrogen-bond acceptors (Lipinski definition) is 1. The summed E-state index contributed by atoms with van der Waals surface area (Å²) in [6, 6.07) is 4.77. The van der Waals surface area contributed by atoms with E-state index in [9.17, 15) is 12.9 Å². The third kappa shape index (κ3) is 3.85. The van der Waals surface area contributed by atoms with Crippen molar-refractivity contribution in [3.05, 3.63) is 24.3 Å². The minimum Gasteiger partial charge on any atom is -0.488 e. The van der Waals surface area contributed by atoms with Gasteiger partial charge in [-0.1, -0.05) is 12.1 Å². The minimum atomic E-state index is -4.91. The van der Waals surface area contributed by atoms with Crippen LogP contribution in [0.5, 0.6) is 5.75 Å². The number of ether oxygens (including phenoxy) is 1. The largest absolute Gasteiger partial charge is 0.509 e. The topological polar surface area (TPSA) is 9.23 Å². The molecule has 0 aliphatic heterocycles. The molecule has 0 bridgehead atoms. The number of halogens is 3. The van der Waals surface area contributed by atoms with Gasteiger partial charge in [0.25, 0.3) is 0 Å². The molecule has 1 rings (SSSR count). The Kier molecular flexibility index (Phi) is 3.02. The Bertz CT molecular complexity index is 324. The Morgan fingerprint density at radius 2 is 1.47 bits per heavy atom. The van der Waals surface area contributed by atoms with Crippen molar-refractivity contribution >= 4 is 12.4 Å². The van der Waals surface area contributed by atoms with E-state index in [2.05, 4.69) is 0 Å². The fourth-order valence-corrected chi connectivity index (χ4v) is 1.11. The first-order chi connectivity index (χ1) is 6.68. The van der Waals surface area contributed by atoms with Crippen LogP contribution in [0.3, 0.4) is 0 Å². The second-order valence-electron chi connectivity index (χ2n) is 4.36. The van der Waals surface area contributed by atoms with Crippen LogP contribution in [0.2, 0.25) is 0 Å². The van der Waals surface area contributed by atoms with Crippen LogP contribution in [0.4, 0.5) is 12.9 Å². The second kappa shape index (κ2) is 3.79. The van der Waals surface area contributed by atoms with Crippen molar-refractivity contribution < 1.29 is 17.7 Å². The van der Waals surface area contributed by atoms with E-state index in [0.29, 0.717) is 5.75 Å². The van der Waals surface area contributed by atoms with Crippen molar-refractivity contribution in [2.75, 3.05) is 0 Å². The third-order valence-corrected chi connectivity index (χ3v) is 1.68. The molecule has 5 heteroatoms. The highest BCUT2D eigenvalue weighted by atomic mass is 19.4. The Morgan fingerprint density at radius 1 is 1.00 bits per heavy atom. The first-order valence-electron chi connectivity index (χ1n) is 4.67. The quantitative estimate of drug-likeness (QED) is 0.692. The van der Waals surface area contributed by atoms with Gasteiger partial charge in [-0.25, -0.2) is 0 Å². The molecule has 0 spiro atoms. The summed E-state index contributed by atoms with van der Waals surface area (Å²) in [7, 11) is 0. The zero-order valence-electron chi connectivity index (χ0n) is 8.93. The molecule has 1 nitrogen and oxygen atoms in total. The highest BCUT2D eigenvalue weighted by Gasteiger charge is 2.25. The van der Waals surface area contributed by atoms with Crippen LogP contribution in [-0.2, 0) is 0 Å². The minimum absolute atomic E-state index is 0.398. The molecule has 0 heterocycles.